The van der Waals surface area contributed by atoms with Crippen LogP contribution in [0.2, 0.25) is 0 Å². The molecular weight excluding hydrogens is 332 g/mol. The van der Waals surface area contributed by atoms with E-state index in [0.717, 1.165) is 12.2 Å². The first kappa shape index (κ1) is 16.3. The van der Waals surface area contributed by atoms with Crippen LogP contribution < -0.4 is 10.0 Å². The molecule has 2 N–H and O–H groups in total. The maximum absolute atomic E-state index is 12.2. The Hall–Kier alpha value is -1.54. The van der Waals surface area contributed by atoms with Gasteiger partial charge in [-0.05, 0) is 48.2 Å². The maximum Gasteiger partial charge on any atom is 0.327 e. The van der Waals surface area contributed by atoms with Crippen molar-refractivity contribution in [1.29, 1.82) is 0 Å². The molecule has 1 fully saturated rings. The highest BCUT2D eigenvalue weighted by Crippen LogP contribution is 2.19. The number of anilines is 1. The number of rotatable bonds is 6. The Balaban J connectivity index is 1.54. The van der Waals surface area contributed by atoms with E-state index >= 15 is 0 Å². The highest BCUT2D eigenvalue weighted by atomic mass is 32.2. The zero-order chi connectivity index (χ0) is 16.2. The lowest BCUT2D eigenvalue weighted by molar-refractivity contribution is -0.139. The fourth-order valence-corrected chi connectivity index (χ4v) is 4.08. The second kappa shape index (κ2) is 7.35. The van der Waals surface area contributed by atoms with Gasteiger partial charge in [-0.15, -0.1) is 16.1 Å². The molecule has 1 aromatic heterocycles. The van der Waals surface area contributed by atoms with Crippen molar-refractivity contribution in [3.05, 3.63) is 46.2 Å². The van der Waals surface area contributed by atoms with Crippen LogP contribution in [-0.4, -0.2) is 23.2 Å². The molecule has 0 aliphatic carbocycles. The number of esters is 1. The van der Waals surface area contributed by atoms with Crippen molar-refractivity contribution in [3.8, 4) is 0 Å². The molecule has 1 saturated heterocycles. The van der Waals surface area contributed by atoms with E-state index in [0.29, 0.717) is 17.9 Å². The Morgan fingerprint density at radius 2 is 2.17 bits per heavy atom. The van der Waals surface area contributed by atoms with E-state index in [1.54, 1.807) is 23.5 Å². The molecule has 7 heteroatoms. The number of thiophene rings is 1. The topological polar surface area (TPSA) is 73.4 Å². The number of hydrogen-bond donors (Lipinski definition) is 2. The van der Waals surface area contributed by atoms with Gasteiger partial charge < -0.3 is 14.6 Å². The van der Waals surface area contributed by atoms with Crippen LogP contribution >= 0.6 is 11.3 Å². The number of carbonyl (C=O) groups excluding carboxylic acids is 1. The van der Waals surface area contributed by atoms with Crippen LogP contribution in [0.25, 0.3) is 0 Å². The maximum atomic E-state index is 12.2. The second-order valence-electron chi connectivity index (χ2n) is 5.36. The van der Waals surface area contributed by atoms with Crippen molar-refractivity contribution >= 4 is 34.4 Å². The molecule has 23 heavy (non-hydrogen) atoms. The first-order valence-corrected chi connectivity index (χ1v) is 9.37. The summed E-state index contributed by atoms with van der Waals surface area (Å²) in [5, 5.41) is 5.47. The van der Waals surface area contributed by atoms with Crippen molar-refractivity contribution in [2.75, 3.05) is 11.9 Å². The quantitative estimate of drug-likeness (QED) is 0.619. The fourth-order valence-electron chi connectivity index (χ4n) is 2.27. The van der Waals surface area contributed by atoms with Crippen LogP contribution in [0.5, 0.6) is 0 Å². The Morgan fingerprint density at radius 1 is 1.39 bits per heavy atom. The number of cyclic esters (lactones) is 1. The Kier molecular flexibility index (Phi) is 5.22. The third-order valence-corrected chi connectivity index (χ3v) is 5.76. The van der Waals surface area contributed by atoms with E-state index < -0.39 is 17.4 Å². The molecule has 2 aromatic rings. The summed E-state index contributed by atoms with van der Waals surface area (Å²) in [6.07, 6.45) is 0.560. The Morgan fingerprint density at radius 3 is 2.78 bits per heavy atom. The summed E-state index contributed by atoms with van der Waals surface area (Å²) >= 11 is 0.315. The fraction of sp³-hybridized carbons (Fsp3) is 0.312. The van der Waals surface area contributed by atoms with Crippen LogP contribution in [0.4, 0.5) is 5.69 Å². The minimum Gasteiger partial charge on any atom is -0.593 e. The summed E-state index contributed by atoms with van der Waals surface area (Å²) in [5.41, 5.74) is 2.24. The van der Waals surface area contributed by atoms with E-state index in [4.69, 9.17) is 4.74 Å². The molecule has 2 heterocycles. The second-order valence-corrected chi connectivity index (χ2v) is 7.60. The van der Waals surface area contributed by atoms with Gasteiger partial charge >= 0.3 is 5.97 Å². The van der Waals surface area contributed by atoms with Crippen LogP contribution in [0.3, 0.4) is 0 Å². The van der Waals surface area contributed by atoms with Crippen LogP contribution in [-0.2, 0) is 27.4 Å². The SMILES string of the molecule is Cc1csc(CNc2ccc([S+]([O-])NC3CCOC3=O)cc2)c1. The minimum atomic E-state index is -1.42. The summed E-state index contributed by atoms with van der Waals surface area (Å²) in [5.74, 6) is -0.331. The number of benzene rings is 1. The van der Waals surface area contributed by atoms with Crippen molar-refractivity contribution in [1.82, 2.24) is 4.72 Å². The summed E-state index contributed by atoms with van der Waals surface area (Å²) in [7, 11) is 0. The van der Waals surface area contributed by atoms with Gasteiger partial charge in [0.15, 0.2) is 10.9 Å². The van der Waals surface area contributed by atoms with Crippen molar-refractivity contribution in [3.63, 3.8) is 0 Å². The average molecular weight is 350 g/mol. The molecule has 5 nitrogen and oxygen atoms in total. The molecule has 122 valence electrons. The van der Waals surface area contributed by atoms with Gasteiger partial charge in [-0.3, -0.25) is 4.79 Å². The molecular formula is C16H18N2O3S2. The highest BCUT2D eigenvalue weighted by Gasteiger charge is 2.31. The lowest BCUT2D eigenvalue weighted by atomic mass is 10.3. The van der Waals surface area contributed by atoms with Gasteiger partial charge in [0.25, 0.3) is 0 Å². The lowest BCUT2D eigenvalue weighted by Crippen LogP contribution is -2.37. The van der Waals surface area contributed by atoms with E-state index in [1.807, 2.05) is 12.1 Å². The van der Waals surface area contributed by atoms with Crippen LogP contribution in [0.15, 0.2) is 40.6 Å². The van der Waals surface area contributed by atoms with Gasteiger partial charge in [0.05, 0.1) is 18.0 Å². The molecule has 1 aromatic carbocycles. The van der Waals surface area contributed by atoms with E-state index in [1.165, 1.54) is 10.4 Å². The van der Waals surface area contributed by atoms with Crippen LogP contribution in [0.1, 0.15) is 16.9 Å². The Bertz CT molecular complexity index is 672. The van der Waals surface area contributed by atoms with Crippen molar-refractivity contribution in [2.45, 2.75) is 30.8 Å². The van der Waals surface area contributed by atoms with Crippen molar-refractivity contribution in [2.24, 2.45) is 0 Å². The summed E-state index contributed by atoms with van der Waals surface area (Å²) in [4.78, 5) is 13.3. The number of carbonyl (C=O) groups is 1. The molecule has 0 spiro atoms. The molecule has 2 unspecified atom stereocenters. The summed E-state index contributed by atoms with van der Waals surface area (Å²) in [6, 6.07) is 9.06. The van der Waals surface area contributed by atoms with Gasteiger partial charge in [0, 0.05) is 23.5 Å². The molecule has 3 rings (SSSR count). The predicted molar refractivity (Wildman–Crippen MR) is 91.7 cm³/mol. The zero-order valence-corrected chi connectivity index (χ0v) is 14.3. The van der Waals surface area contributed by atoms with Gasteiger partial charge in [0.1, 0.15) is 0 Å². The smallest absolute Gasteiger partial charge is 0.327 e. The van der Waals surface area contributed by atoms with Crippen LogP contribution in [0, 0.1) is 6.92 Å². The largest absolute Gasteiger partial charge is 0.593 e. The Labute approximate surface area is 142 Å². The lowest BCUT2D eigenvalue weighted by Gasteiger charge is -2.13. The monoisotopic (exact) mass is 350 g/mol. The highest BCUT2D eigenvalue weighted by molar-refractivity contribution is 7.89. The summed E-state index contributed by atoms with van der Waals surface area (Å²) < 4.78 is 19.9. The first-order chi connectivity index (χ1) is 11.1. The first-order valence-electron chi connectivity index (χ1n) is 7.34. The predicted octanol–water partition coefficient (Wildman–Crippen LogP) is 2.60. The molecule has 0 bridgehead atoms. The number of aryl methyl sites for hydroxylation is 1. The summed E-state index contributed by atoms with van der Waals surface area (Å²) in [6.45, 7) is 3.24. The molecule has 0 radical (unpaired) electrons. The normalized spacial score (nSPS) is 18.7. The number of nitrogens with one attached hydrogen (secondary N) is 2. The van der Waals surface area contributed by atoms with E-state index in [9.17, 15) is 9.35 Å². The molecule has 0 amide bonds. The van der Waals surface area contributed by atoms with Gasteiger partial charge in [-0.2, -0.15) is 0 Å². The zero-order valence-electron chi connectivity index (χ0n) is 12.7. The van der Waals surface area contributed by atoms with Crippen molar-refractivity contribution < 1.29 is 14.1 Å². The third kappa shape index (κ3) is 4.26. The number of hydrogen-bond acceptors (Lipinski definition) is 6. The van der Waals surface area contributed by atoms with Gasteiger partial charge in [-0.1, -0.05) is 0 Å². The molecule has 1 aliphatic heterocycles. The van der Waals surface area contributed by atoms with E-state index in [-0.39, 0.29) is 5.97 Å². The third-order valence-electron chi connectivity index (χ3n) is 3.50. The molecule has 0 saturated carbocycles. The average Bonchev–Trinajstić information content (AvgIpc) is 3.14. The standard InChI is InChI=1S/C16H18N2O3S2/c1-11-8-13(22-10-11)9-17-12-2-4-14(5-3-12)23(20)18-15-6-7-21-16(15)19/h2-5,8,10,15,17-18H,6-7,9H2,1H3. The molecule has 1 aliphatic rings. The van der Waals surface area contributed by atoms with Gasteiger partial charge in [0.2, 0.25) is 0 Å². The molecule has 2 atom stereocenters. The number of ether oxygens (including phenoxy) is 1. The minimum absolute atomic E-state index is 0.331. The van der Waals surface area contributed by atoms with Gasteiger partial charge in [-0.25, -0.2) is 0 Å². The van der Waals surface area contributed by atoms with E-state index in [2.05, 4.69) is 28.4 Å².